The zero-order valence-corrected chi connectivity index (χ0v) is 12.1. The maximum Gasteiger partial charge on any atom is 0.262 e. The summed E-state index contributed by atoms with van der Waals surface area (Å²) >= 11 is 5.84. The van der Waals surface area contributed by atoms with E-state index in [1.165, 1.54) is 18.2 Å². The Hall–Kier alpha value is -1.79. The molecule has 0 saturated heterocycles. The highest BCUT2D eigenvalue weighted by Crippen LogP contribution is 2.26. The predicted molar refractivity (Wildman–Crippen MR) is 77.8 cm³/mol. The first-order chi connectivity index (χ1) is 9.29. The second-order valence-electron chi connectivity index (χ2n) is 4.25. The zero-order valence-electron chi connectivity index (χ0n) is 10.5. The van der Waals surface area contributed by atoms with Crippen molar-refractivity contribution in [1.29, 1.82) is 0 Å². The van der Waals surface area contributed by atoms with Crippen molar-refractivity contribution in [2.75, 3.05) is 10.5 Å². The lowest BCUT2D eigenvalue weighted by atomic mass is 10.2. The van der Waals surface area contributed by atoms with Gasteiger partial charge in [-0.3, -0.25) is 4.72 Å². The molecule has 0 heterocycles. The first kappa shape index (κ1) is 14.6. The summed E-state index contributed by atoms with van der Waals surface area (Å²) in [6.45, 7) is 1.62. The average molecular weight is 315 g/mol. The van der Waals surface area contributed by atoms with Crippen LogP contribution < -0.4 is 10.5 Å². The van der Waals surface area contributed by atoms with E-state index in [9.17, 15) is 12.8 Å². The van der Waals surface area contributed by atoms with Crippen molar-refractivity contribution < 1.29 is 12.8 Å². The lowest BCUT2D eigenvalue weighted by Gasteiger charge is -2.12. The van der Waals surface area contributed by atoms with Crippen molar-refractivity contribution >= 4 is 33.0 Å². The number of nitrogens with two attached hydrogens (primary N) is 1. The summed E-state index contributed by atoms with van der Waals surface area (Å²) in [6.07, 6.45) is 0. The van der Waals surface area contributed by atoms with E-state index in [4.69, 9.17) is 17.3 Å². The fraction of sp³-hybridized carbons (Fsp3) is 0.0769. The van der Waals surface area contributed by atoms with Crippen LogP contribution in [0.1, 0.15) is 5.56 Å². The van der Waals surface area contributed by atoms with Crippen LogP contribution >= 0.6 is 11.6 Å². The Morgan fingerprint density at radius 1 is 1.20 bits per heavy atom. The molecule has 0 aromatic heterocycles. The molecule has 0 amide bonds. The zero-order chi connectivity index (χ0) is 14.9. The third-order valence-electron chi connectivity index (χ3n) is 2.66. The van der Waals surface area contributed by atoms with Gasteiger partial charge in [-0.25, -0.2) is 12.8 Å². The molecular weight excluding hydrogens is 303 g/mol. The second-order valence-corrected chi connectivity index (χ2v) is 6.31. The van der Waals surface area contributed by atoms with Gasteiger partial charge in [-0.1, -0.05) is 11.6 Å². The van der Waals surface area contributed by atoms with Gasteiger partial charge >= 0.3 is 0 Å². The minimum absolute atomic E-state index is 0.0112. The van der Waals surface area contributed by atoms with Gasteiger partial charge in [-0.05, 0) is 48.9 Å². The van der Waals surface area contributed by atoms with Crippen molar-refractivity contribution in [2.24, 2.45) is 0 Å². The van der Waals surface area contributed by atoms with Crippen LogP contribution in [-0.4, -0.2) is 8.42 Å². The quantitative estimate of drug-likeness (QED) is 0.855. The second kappa shape index (κ2) is 5.30. The van der Waals surface area contributed by atoms with Gasteiger partial charge in [0.15, 0.2) is 0 Å². The van der Waals surface area contributed by atoms with Gasteiger partial charge in [0.1, 0.15) is 5.82 Å². The third-order valence-corrected chi connectivity index (χ3v) is 4.52. The predicted octanol–water partition coefficient (Wildman–Crippen LogP) is 3.17. The number of hydrogen-bond acceptors (Lipinski definition) is 3. The van der Waals surface area contributed by atoms with Crippen molar-refractivity contribution in [1.82, 2.24) is 0 Å². The Labute approximate surface area is 121 Å². The summed E-state index contributed by atoms with van der Waals surface area (Å²) in [6, 6.07) is 7.86. The van der Waals surface area contributed by atoms with Crippen LogP contribution in [0.15, 0.2) is 41.3 Å². The topological polar surface area (TPSA) is 72.2 Å². The number of nitrogen functional groups attached to an aromatic ring is 1. The minimum Gasteiger partial charge on any atom is -0.399 e. The van der Waals surface area contributed by atoms with E-state index in [2.05, 4.69) is 4.72 Å². The van der Waals surface area contributed by atoms with Gasteiger partial charge in [0.05, 0.1) is 15.6 Å². The number of hydrogen-bond donors (Lipinski definition) is 2. The molecule has 0 aliphatic rings. The van der Waals surface area contributed by atoms with Crippen molar-refractivity contribution in [2.45, 2.75) is 11.8 Å². The molecule has 0 aliphatic heterocycles. The summed E-state index contributed by atoms with van der Waals surface area (Å²) in [5.74, 6) is -0.582. The highest BCUT2D eigenvalue weighted by molar-refractivity contribution is 7.92. The highest BCUT2D eigenvalue weighted by atomic mass is 35.5. The minimum atomic E-state index is -3.86. The lowest BCUT2D eigenvalue weighted by Crippen LogP contribution is -2.14. The average Bonchev–Trinajstić information content (AvgIpc) is 2.33. The molecular formula is C13H12ClFN2O2S. The fourth-order valence-electron chi connectivity index (χ4n) is 1.75. The molecule has 106 valence electrons. The van der Waals surface area contributed by atoms with E-state index in [0.717, 1.165) is 12.1 Å². The number of anilines is 2. The van der Waals surface area contributed by atoms with Crippen molar-refractivity contribution in [3.05, 3.63) is 52.8 Å². The molecule has 2 aromatic rings. The van der Waals surface area contributed by atoms with E-state index in [-0.39, 0.29) is 15.6 Å². The number of nitrogens with one attached hydrogen (secondary N) is 1. The highest BCUT2D eigenvalue weighted by Gasteiger charge is 2.18. The number of rotatable bonds is 3. The monoisotopic (exact) mass is 314 g/mol. The number of aryl methyl sites for hydroxylation is 1. The molecule has 0 spiro atoms. The largest absolute Gasteiger partial charge is 0.399 e. The molecule has 0 saturated carbocycles. The van der Waals surface area contributed by atoms with Crippen LogP contribution in [0.4, 0.5) is 15.8 Å². The molecule has 3 N–H and O–H groups in total. The summed E-state index contributed by atoms with van der Waals surface area (Å²) in [4.78, 5) is 0.0621. The molecule has 7 heteroatoms. The Bertz CT molecular complexity index is 763. The van der Waals surface area contributed by atoms with Gasteiger partial charge in [-0.15, -0.1) is 0 Å². The Morgan fingerprint density at radius 2 is 1.90 bits per heavy atom. The van der Waals surface area contributed by atoms with E-state index < -0.39 is 15.8 Å². The Balaban J connectivity index is 2.43. The van der Waals surface area contributed by atoms with Gasteiger partial charge in [0.2, 0.25) is 0 Å². The number of halogens is 2. The smallest absolute Gasteiger partial charge is 0.262 e. The van der Waals surface area contributed by atoms with Crippen LogP contribution in [0, 0.1) is 12.7 Å². The van der Waals surface area contributed by atoms with Crippen LogP contribution in [-0.2, 0) is 10.0 Å². The van der Waals surface area contributed by atoms with Gasteiger partial charge in [0.25, 0.3) is 10.0 Å². The molecule has 2 rings (SSSR count). The molecule has 0 unspecified atom stereocenters. The van der Waals surface area contributed by atoms with E-state index in [1.807, 2.05) is 0 Å². The standard InChI is InChI=1S/C13H12ClFN2O2S/c1-8-6-10(16)3-5-13(8)20(18,19)17-12-7-9(15)2-4-11(12)14/h2-7,17H,16H2,1H3. The maximum atomic E-state index is 13.1. The fourth-order valence-corrected chi connectivity index (χ4v) is 3.27. The molecule has 0 fully saturated rings. The maximum absolute atomic E-state index is 13.1. The third kappa shape index (κ3) is 3.02. The summed E-state index contributed by atoms with van der Waals surface area (Å²) < 4.78 is 39.9. The van der Waals surface area contributed by atoms with Crippen LogP contribution in [0.5, 0.6) is 0 Å². The van der Waals surface area contributed by atoms with E-state index in [0.29, 0.717) is 11.3 Å². The lowest BCUT2D eigenvalue weighted by molar-refractivity contribution is 0.600. The Morgan fingerprint density at radius 3 is 2.55 bits per heavy atom. The number of sulfonamides is 1. The first-order valence-electron chi connectivity index (χ1n) is 5.63. The number of benzene rings is 2. The molecule has 2 aromatic carbocycles. The summed E-state index contributed by atoms with van der Waals surface area (Å²) in [5.41, 5.74) is 6.52. The van der Waals surface area contributed by atoms with E-state index >= 15 is 0 Å². The summed E-state index contributed by atoms with van der Waals surface area (Å²) in [7, 11) is -3.86. The van der Waals surface area contributed by atoms with Gasteiger partial charge in [0, 0.05) is 5.69 Å². The van der Waals surface area contributed by atoms with Crippen LogP contribution in [0.2, 0.25) is 5.02 Å². The van der Waals surface area contributed by atoms with Crippen molar-refractivity contribution in [3.63, 3.8) is 0 Å². The van der Waals surface area contributed by atoms with Crippen LogP contribution in [0.3, 0.4) is 0 Å². The molecule has 0 bridgehead atoms. The van der Waals surface area contributed by atoms with E-state index in [1.54, 1.807) is 13.0 Å². The first-order valence-corrected chi connectivity index (χ1v) is 7.50. The van der Waals surface area contributed by atoms with Gasteiger partial charge in [-0.2, -0.15) is 0 Å². The molecule has 0 aliphatic carbocycles. The van der Waals surface area contributed by atoms with Crippen molar-refractivity contribution in [3.8, 4) is 0 Å². The molecule has 0 radical (unpaired) electrons. The van der Waals surface area contributed by atoms with Crippen LogP contribution in [0.25, 0.3) is 0 Å². The molecule has 4 nitrogen and oxygen atoms in total. The Kier molecular flexibility index (Phi) is 3.87. The molecule has 0 atom stereocenters. The molecule has 20 heavy (non-hydrogen) atoms. The SMILES string of the molecule is Cc1cc(N)ccc1S(=O)(=O)Nc1cc(F)ccc1Cl. The van der Waals surface area contributed by atoms with Gasteiger partial charge < -0.3 is 5.73 Å². The summed E-state index contributed by atoms with van der Waals surface area (Å²) in [5, 5.41) is 0.114. The normalized spacial score (nSPS) is 11.3.